The standard InChI is InChI=1S/C15H10ClNO3/c1-9-2-4-10(5-3-9)14(18)17-12-8-11(16)6-7-13(12)20-15(17)19/h2-8H,1H3. The number of benzene rings is 2. The summed E-state index contributed by atoms with van der Waals surface area (Å²) in [6, 6.07) is 11.7. The molecule has 3 aromatic rings. The summed E-state index contributed by atoms with van der Waals surface area (Å²) in [4.78, 5) is 24.3. The molecule has 0 saturated heterocycles. The molecule has 0 aliphatic rings. The van der Waals surface area contributed by atoms with Gasteiger partial charge in [0.05, 0.1) is 5.52 Å². The average Bonchev–Trinajstić information content (AvgIpc) is 2.74. The summed E-state index contributed by atoms with van der Waals surface area (Å²) in [6.45, 7) is 1.92. The molecule has 4 nitrogen and oxygen atoms in total. The van der Waals surface area contributed by atoms with Gasteiger partial charge >= 0.3 is 5.76 Å². The van der Waals surface area contributed by atoms with E-state index in [4.69, 9.17) is 16.0 Å². The van der Waals surface area contributed by atoms with Crippen LogP contribution in [0.15, 0.2) is 51.7 Å². The fraction of sp³-hybridized carbons (Fsp3) is 0.0667. The first kappa shape index (κ1) is 12.7. The number of aromatic nitrogens is 1. The van der Waals surface area contributed by atoms with Gasteiger partial charge in [0, 0.05) is 10.6 Å². The number of fused-ring (bicyclic) bond motifs is 1. The third-order valence-corrected chi connectivity index (χ3v) is 3.28. The fourth-order valence-corrected chi connectivity index (χ4v) is 2.17. The van der Waals surface area contributed by atoms with Crippen LogP contribution >= 0.6 is 11.6 Å². The molecular formula is C15H10ClNO3. The number of hydrogen-bond donors (Lipinski definition) is 0. The summed E-state index contributed by atoms with van der Waals surface area (Å²) in [6.07, 6.45) is 0. The van der Waals surface area contributed by atoms with Crippen molar-refractivity contribution in [3.8, 4) is 0 Å². The minimum atomic E-state index is -0.715. The molecule has 0 radical (unpaired) electrons. The van der Waals surface area contributed by atoms with Gasteiger partial charge in [0.15, 0.2) is 5.58 Å². The van der Waals surface area contributed by atoms with Gasteiger partial charge in [-0.3, -0.25) is 4.79 Å². The molecule has 0 aliphatic carbocycles. The predicted molar refractivity (Wildman–Crippen MR) is 76.4 cm³/mol. The van der Waals surface area contributed by atoms with Gasteiger partial charge in [-0.05, 0) is 37.3 Å². The maximum absolute atomic E-state index is 12.4. The SMILES string of the molecule is Cc1ccc(C(=O)n2c(=O)oc3ccc(Cl)cc32)cc1. The van der Waals surface area contributed by atoms with Crippen LogP contribution in [0.1, 0.15) is 15.9 Å². The molecule has 0 saturated carbocycles. The lowest BCUT2D eigenvalue weighted by atomic mass is 10.1. The second-order valence-corrected chi connectivity index (χ2v) is 4.92. The van der Waals surface area contributed by atoms with Gasteiger partial charge in [-0.25, -0.2) is 9.36 Å². The maximum Gasteiger partial charge on any atom is 0.427 e. The summed E-state index contributed by atoms with van der Waals surface area (Å²) in [5.74, 6) is -1.15. The van der Waals surface area contributed by atoms with Gasteiger partial charge in [-0.1, -0.05) is 29.3 Å². The quantitative estimate of drug-likeness (QED) is 0.690. The van der Waals surface area contributed by atoms with E-state index in [-0.39, 0.29) is 0 Å². The van der Waals surface area contributed by atoms with Crippen LogP contribution in [-0.2, 0) is 0 Å². The van der Waals surface area contributed by atoms with Gasteiger partial charge in [0.25, 0.3) is 5.91 Å². The first-order valence-electron chi connectivity index (χ1n) is 5.99. The second kappa shape index (κ2) is 4.65. The molecule has 2 aromatic carbocycles. The van der Waals surface area contributed by atoms with Gasteiger partial charge in [0.2, 0.25) is 0 Å². The van der Waals surface area contributed by atoms with Crippen LogP contribution < -0.4 is 5.76 Å². The van der Waals surface area contributed by atoms with Crippen LogP contribution in [0, 0.1) is 6.92 Å². The number of oxazole rings is 1. The van der Waals surface area contributed by atoms with Crippen molar-refractivity contribution in [2.45, 2.75) is 6.92 Å². The minimum absolute atomic E-state index is 0.333. The molecule has 5 heteroatoms. The number of nitrogens with zero attached hydrogens (tertiary/aromatic N) is 1. The third kappa shape index (κ3) is 2.04. The summed E-state index contributed by atoms with van der Waals surface area (Å²) in [5.41, 5.74) is 2.15. The summed E-state index contributed by atoms with van der Waals surface area (Å²) >= 11 is 5.90. The number of carbonyl (C=O) groups excluding carboxylic acids is 1. The Morgan fingerprint density at radius 2 is 1.85 bits per heavy atom. The number of carbonyl (C=O) groups is 1. The molecule has 0 atom stereocenters. The molecule has 0 aliphatic heterocycles. The van der Waals surface area contributed by atoms with Gasteiger partial charge in [-0.2, -0.15) is 0 Å². The lowest BCUT2D eigenvalue weighted by Crippen LogP contribution is -2.23. The van der Waals surface area contributed by atoms with E-state index in [2.05, 4.69) is 0 Å². The Hall–Kier alpha value is -2.33. The molecule has 100 valence electrons. The number of rotatable bonds is 1. The van der Waals surface area contributed by atoms with Crippen molar-refractivity contribution in [2.75, 3.05) is 0 Å². The van der Waals surface area contributed by atoms with E-state index in [0.29, 0.717) is 21.7 Å². The zero-order valence-electron chi connectivity index (χ0n) is 10.6. The van der Waals surface area contributed by atoms with Crippen LogP contribution in [0.3, 0.4) is 0 Å². The molecule has 0 spiro atoms. The van der Waals surface area contributed by atoms with Crippen LogP contribution in [0.5, 0.6) is 0 Å². The van der Waals surface area contributed by atoms with Crippen LogP contribution in [0.25, 0.3) is 11.1 Å². The van der Waals surface area contributed by atoms with Crippen molar-refractivity contribution in [2.24, 2.45) is 0 Å². The summed E-state index contributed by atoms with van der Waals surface area (Å²) < 4.78 is 6.04. The highest BCUT2D eigenvalue weighted by Crippen LogP contribution is 2.19. The zero-order valence-corrected chi connectivity index (χ0v) is 11.3. The lowest BCUT2D eigenvalue weighted by Gasteiger charge is -2.02. The van der Waals surface area contributed by atoms with Gasteiger partial charge in [-0.15, -0.1) is 0 Å². The van der Waals surface area contributed by atoms with Crippen molar-refractivity contribution in [3.05, 3.63) is 69.2 Å². The minimum Gasteiger partial charge on any atom is -0.407 e. The number of halogens is 1. The smallest absolute Gasteiger partial charge is 0.407 e. The zero-order chi connectivity index (χ0) is 14.3. The molecule has 0 unspecified atom stereocenters. The van der Waals surface area contributed by atoms with Crippen LogP contribution in [0.2, 0.25) is 5.02 Å². The van der Waals surface area contributed by atoms with Crippen molar-refractivity contribution < 1.29 is 9.21 Å². The highest BCUT2D eigenvalue weighted by molar-refractivity contribution is 6.31. The van der Waals surface area contributed by atoms with Crippen LogP contribution in [-0.4, -0.2) is 10.5 Å². The highest BCUT2D eigenvalue weighted by atomic mass is 35.5. The molecule has 20 heavy (non-hydrogen) atoms. The maximum atomic E-state index is 12.4. The Balaban J connectivity index is 2.21. The second-order valence-electron chi connectivity index (χ2n) is 4.49. The van der Waals surface area contributed by atoms with Crippen molar-refractivity contribution in [1.29, 1.82) is 0 Å². The number of hydrogen-bond acceptors (Lipinski definition) is 3. The number of aryl methyl sites for hydroxylation is 1. The Bertz CT molecular complexity index is 859. The van der Waals surface area contributed by atoms with E-state index >= 15 is 0 Å². The van der Waals surface area contributed by atoms with E-state index in [0.717, 1.165) is 10.1 Å². The first-order chi connectivity index (χ1) is 9.56. The van der Waals surface area contributed by atoms with E-state index in [1.54, 1.807) is 24.3 Å². The predicted octanol–water partition coefficient (Wildman–Crippen LogP) is 3.24. The Labute approximate surface area is 119 Å². The Morgan fingerprint density at radius 1 is 1.15 bits per heavy atom. The highest BCUT2D eigenvalue weighted by Gasteiger charge is 2.17. The van der Waals surface area contributed by atoms with E-state index in [1.165, 1.54) is 6.07 Å². The van der Waals surface area contributed by atoms with E-state index in [1.807, 2.05) is 19.1 Å². The van der Waals surface area contributed by atoms with E-state index in [9.17, 15) is 9.59 Å². The first-order valence-corrected chi connectivity index (χ1v) is 6.36. The topological polar surface area (TPSA) is 52.2 Å². The summed E-state index contributed by atoms with van der Waals surface area (Å²) in [7, 11) is 0. The molecule has 1 aromatic heterocycles. The van der Waals surface area contributed by atoms with Crippen molar-refractivity contribution >= 4 is 28.6 Å². The molecule has 0 N–H and O–H groups in total. The Kier molecular flexibility index (Phi) is 2.95. The molecule has 0 bridgehead atoms. The summed E-state index contributed by atoms with van der Waals surface area (Å²) in [5, 5.41) is 0.434. The normalized spacial score (nSPS) is 10.9. The largest absolute Gasteiger partial charge is 0.427 e. The lowest BCUT2D eigenvalue weighted by molar-refractivity contribution is 0.0956. The van der Waals surface area contributed by atoms with Crippen molar-refractivity contribution in [3.63, 3.8) is 0 Å². The van der Waals surface area contributed by atoms with Crippen LogP contribution in [0.4, 0.5) is 0 Å². The van der Waals surface area contributed by atoms with E-state index < -0.39 is 11.7 Å². The fourth-order valence-electron chi connectivity index (χ4n) is 2.01. The average molecular weight is 288 g/mol. The Morgan fingerprint density at radius 3 is 2.55 bits per heavy atom. The van der Waals surface area contributed by atoms with Gasteiger partial charge in [0.1, 0.15) is 0 Å². The molecule has 0 fully saturated rings. The molecule has 3 rings (SSSR count). The third-order valence-electron chi connectivity index (χ3n) is 3.04. The molecule has 1 heterocycles. The monoisotopic (exact) mass is 287 g/mol. The molecular weight excluding hydrogens is 278 g/mol. The van der Waals surface area contributed by atoms with Gasteiger partial charge < -0.3 is 4.42 Å². The van der Waals surface area contributed by atoms with Crippen molar-refractivity contribution in [1.82, 2.24) is 4.57 Å². The molecule has 0 amide bonds.